The maximum Gasteiger partial charge on any atom is 0.306 e. The molecule has 0 spiro atoms. The average molecular weight is 988 g/mol. The number of hydrogen-bond acceptors (Lipinski definition) is 6. The smallest absolute Gasteiger partial charge is 0.306 e. The van der Waals surface area contributed by atoms with Crippen LogP contribution >= 0.6 is 0 Å². The Labute approximate surface area is 438 Å². The monoisotopic (exact) mass is 987 g/mol. The van der Waals surface area contributed by atoms with E-state index in [0.29, 0.717) is 19.3 Å². The number of ether oxygens (including phenoxy) is 3. The molecule has 0 aliphatic heterocycles. The molecular weight excluding hydrogens is 877 g/mol. The summed E-state index contributed by atoms with van der Waals surface area (Å²) in [6, 6.07) is 0. The number of rotatable bonds is 53. The number of carbonyl (C=O) groups excluding carboxylic acids is 3. The van der Waals surface area contributed by atoms with Gasteiger partial charge in [0.2, 0.25) is 0 Å². The van der Waals surface area contributed by atoms with Crippen molar-refractivity contribution in [2.45, 2.75) is 284 Å². The number of unbranched alkanes of at least 4 members (excludes halogenated alkanes) is 26. The summed E-state index contributed by atoms with van der Waals surface area (Å²) < 4.78 is 16.8. The molecule has 0 saturated heterocycles. The van der Waals surface area contributed by atoms with Crippen LogP contribution in [0.2, 0.25) is 0 Å². The van der Waals surface area contributed by atoms with E-state index in [1.165, 1.54) is 116 Å². The first-order chi connectivity index (χ1) is 35.0. The molecule has 71 heavy (non-hydrogen) atoms. The quantitative estimate of drug-likeness (QED) is 0.0261. The number of carbonyl (C=O) groups is 3. The van der Waals surface area contributed by atoms with Crippen LogP contribution in [0.15, 0.2) is 97.2 Å². The first kappa shape index (κ1) is 67.3. The number of esters is 3. The summed E-state index contributed by atoms with van der Waals surface area (Å²) >= 11 is 0. The van der Waals surface area contributed by atoms with Gasteiger partial charge in [-0.25, -0.2) is 0 Å². The Balaban J connectivity index is 4.43. The predicted molar refractivity (Wildman–Crippen MR) is 307 cm³/mol. The lowest BCUT2D eigenvalue weighted by Gasteiger charge is -2.18. The lowest BCUT2D eigenvalue weighted by Crippen LogP contribution is -2.30. The van der Waals surface area contributed by atoms with Crippen molar-refractivity contribution in [2.75, 3.05) is 13.2 Å². The maximum absolute atomic E-state index is 12.8. The van der Waals surface area contributed by atoms with Gasteiger partial charge in [0.05, 0.1) is 0 Å². The van der Waals surface area contributed by atoms with Crippen LogP contribution in [0.4, 0.5) is 0 Å². The number of hydrogen-bond donors (Lipinski definition) is 0. The first-order valence-corrected chi connectivity index (χ1v) is 29.7. The second-order valence-corrected chi connectivity index (χ2v) is 19.5. The van der Waals surface area contributed by atoms with E-state index in [1.54, 1.807) is 0 Å². The third-order valence-electron chi connectivity index (χ3n) is 12.6. The Morgan fingerprint density at radius 1 is 0.296 bits per heavy atom. The van der Waals surface area contributed by atoms with Gasteiger partial charge < -0.3 is 14.2 Å². The van der Waals surface area contributed by atoms with E-state index in [9.17, 15) is 14.4 Å². The summed E-state index contributed by atoms with van der Waals surface area (Å²) in [6.45, 7) is 6.37. The highest BCUT2D eigenvalue weighted by Crippen LogP contribution is 2.16. The molecule has 0 aromatic heterocycles. The molecular formula is C65H110O6. The van der Waals surface area contributed by atoms with E-state index >= 15 is 0 Å². The molecule has 6 heteroatoms. The summed E-state index contributed by atoms with van der Waals surface area (Å²) in [5.74, 6) is -0.974. The molecule has 0 saturated carbocycles. The van der Waals surface area contributed by atoms with Crippen molar-refractivity contribution in [1.82, 2.24) is 0 Å². The van der Waals surface area contributed by atoms with E-state index in [1.807, 2.05) is 0 Å². The standard InChI is InChI=1S/C65H110O6/c1-4-7-10-13-16-19-22-25-28-30-31-32-33-35-37-40-43-46-49-52-55-58-64(67)70-61-62(60-69-63(66)57-54-51-48-45-42-39-36-27-24-21-18-15-12-9-6-3)71-65(68)59-56-53-50-47-44-41-38-34-29-26-23-20-17-14-11-8-5-2/h8-9,11-12,17-18,20-21,26-27,29,36,38,41,47,50,62H,4-7,10,13-16,19,22-25,28,30-35,37,39-40,42-46,48-49,51-61H2,1-3H3/b11-8-,12-9-,20-17-,21-18-,29-26-,36-27-,41-38-,50-47-. The molecule has 0 aliphatic carbocycles. The van der Waals surface area contributed by atoms with Gasteiger partial charge in [0.1, 0.15) is 13.2 Å². The summed E-state index contributed by atoms with van der Waals surface area (Å²) in [6.07, 6.45) is 78.4. The van der Waals surface area contributed by atoms with Gasteiger partial charge >= 0.3 is 17.9 Å². The molecule has 0 aromatic carbocycles. The fraction of sp³-hybridized carbons (Fsp3) is 0.708. The SMILES string of the molecule is CC/C=C\C/C=C\C/C=C\C/C=C\C/C=C\CCCC(=O)OC(COC(=O)CCCCCCC/C=C\C/C=C\C/C=C\CC)COC(=O)CCCCCCCCCCCCCCCCCCCCCCC. The summed E-state index contributed by atoms with van der Waals surface area (Å²) in [5, 5.41) is 0. The minimum absolute atomic E-state index is 0.104. The van der Waals surface area contributed by atoms with Gasteiger partial charge in [-0.2, -0.15) is 0 Å². The average Bonchev–Trinajstić information content (AvgIpc) is 3.37. The van der Waals surface area contributed by atoms with Gasteiger partial charge in [-0.15, -0.1) is 0 Å². The highest BCUT2D eigenvalue weighted by molar-refractivity contribution is 5.71. The lowest BCUT2D eigenvalue weighted by atomic mass is 10.0. The van der Waals surface area contributed by atoms with E-state index < -0.39 is 6.10 Å². The Morgan fingerprint density at radius 2 is 0.563 bits per heavy atom. The van der Waals surface area contributed by atoms with E-state index in [2.05, 4.69) is 118 Å². The minimum Gasteiger partial charge on any atom is -0.462 e. The summed E-state index contributed by atoms with van der Waals surface area (Å²) in [4.78, 5) is 38.2. The Bertz CT molecular complexity index is 1410. The molecule has 0 aliphatic rings. The van der Waals surface area contributed by atoms with Gasteiger partial charge in [-0.1, -0.05) is 266 Å². The van der Waals surface area contributed by atoms with Crippen molar-refractivity contribution in [1.29, 1.82) is 0 Å². The predicted octanol–water partition coefficient (Wildman–Crippen LogP) is 20.1. The topological polar surface area (TPSA) is 78.9 Å². The van der Waals surface area contributed by atoms with Crippen molar-refractivity contribution in [3.05, 3.63) is 97.2 Å². The fourth-order valence-electron chi connectivity index (χ4n) is 8.20. The van der Waals surface area contributed by atoms with Crippen molar-refractivity contribution in [3.8, 4) is 0 Å². The molecule has 0 N–H and O–H groups in total. The lowest BCUT2D eigenvalue weighted by molar-refractivity contribution is -0.167. The van der Waals surface area contributed by atoms with Gasteiger partial charge in [0, 0.05) is 19.3 Å². The molecule has 406 valence electrons. The third kappa shape index (κ3) is 57.1. The van der Waals surface area contributed by atoms with Gasteiger partial charge in [0.15, 0.2) is 6.10 Å². The molecule has 1 unspecified atom stereocenters. The van der Waals surface area contributed by atoms with Crippen LogP contribution in [0.1, 0.15) is 278 Å². The third-order valence-corrected chi connectivity index (χ3v) is 12.6. The highest BCUT2D eigenvalue weighted by atomic mass is 16.6. The normalized spacial score (nSPS) is 12.8. The second-order valence-electron chi connectivity index (χ2n) is 19.5. The highest BCUT2D eigenvalue weighted by Gasteiger charge is 2.19. The van der Waals surface area contributed by atoms with E-state index in [0.717, 1.165) is 116 Å². The maximum atomic E-state index is 12.8. The van der Waals surface area contributed by atoms with Gasteiger partial charge in [0.25, 0.3) is 0 Å². The van der Waals surface area contributed by atoms with Crippen molar-refractivity contribution < 1.29 is 28.6 Å². The van der Waals surface area contributed by atoms with E-state index in [4.69, 9.17) is 14.2 Å². The minimum atomic E-state index is -0.815. The van der Waals surface area contributed by atoms with Crippen LogP contribution in [0.25, 0.3) is 0 Å². The Hall–Kier alpha value is -3.67. The van der Waals surface area contributed by atoms with Crippen molar-refractivity contribution >= 4 is 17.9 Å². The van der Waals surface area contributed by atoms with Crippen LogP contribution in [-0.2, 0) is 28.6 Å². The molecule has 0 heterocycles. The summed E-state index contributed by atoms with van der Waals surface area (Å²) in [7, 11) is 0. The zero-order valence-electron chi connectivity index (χ0n) is 46.5. The molecule has 0 aromatic rings. The van der Waals surface area contributed by atoms with Crippen LogP contribution < -0.4 is 0 Å². The van der Waals surface area contributed by atoms with Crippen molar-refractivity contribution in [3.63, 3.8) is 0 Å². The largest absolute Gasteiger partial charge is 0.462 e. The fourth-order valence-corrected chi connectivity index (χ4v) is 8.20. The van der Waals surface area contributed by atoms with Gasteiger partial charge in [-0.05, 0) is 89.9 Å². The summed E-state index contributed by atoms with van der Waals surface area (Å²) in [5.41, 5.74) is 0. The molecule has 0 bridgehead atoms. The zero-order chi connectivity index (χ0) is 51.4. The van der Waals surface area contributed by atoms with Crippen LogP contribution in [0.5, 0.6) is 0 Å². The Kier molecular flexibility index (Phi) is 55.9. The Morgan fingerprint density at radius 3 is 0.901 bits per heavy atom. The molecule has 0 fully saturated rings. The van der Waals surface area contributed by atoms with Gasteiger partial charge in [-0.3, -0.25) is 14.4 Å². The molecule has 0 rings (SSSR count). The van der Waals surface area contributed by atoms with Crippen LogP contribution in [-0.4, -0.2) is 37.2 Å². The van der Waals surface area contributed by atoms with E-state index in [-0.39, 0.29) is 37.5 Å². The van der Waals surface area contributed by atoms with Crippen LogP contribution in [0, 0.1) is 0 Å². The molecule has 6 nitrogen and oxygen atoms in total. The zero-order valence-corrected chi connectivity index (χ0v) is 46.5. The molecule has 0 amide bonds. The second kappa shape index (κ2) is 58.9. The number of allylic oxidation sites excluding steroid dienone is 16. The van der Waals surface area contributed by atoms with Crippen LogP contribution in [0.3, 0.4) is 0 Å². The molecule has 1 atom stereocenters. The van der Waals surface area contributed by atoms with Crippen molar-refractivity contribution in [2.24, 2.45) is 0 Å². The first-order valence-electron chi connectivity index (χ1n) is 29.7. The molecule has 0 radical (unpaired) electrons.